The fraction of sp³-hybridized carbons (Fsp3) is 0.889. The van der Waals surface area contributed by atoms with Crippen LogP contribution in [0.2, 0.25) is 0 Å². The van der Waals surface area contributed by atoms with Crippen molar-refractivity contribution in [1.29, 1.82) is 0 Å². The van der Waals surface area contributed by atoms with E-state index in [4.69, 9.17) is 14.2 Å². The van der Waals surface area contributed by atoms with Crippen molar-refractivity contribution in [3.05, 3.63) is 0 Å². The van der Waals surface area contributed by atoms with Gasteiger partial charge in [0.1, 0.15) is 6.04 Å². The minimum Gasteiger partial charge on any atom is -0.465 e. The molecule has 0 unspecified atom stereocenters. The molecule has 2 aliphatic heterocycles. The van der Waals surface area contributed by atoms with Crippen molar-refractivity contribution in [2.45, 2.75) is 25.2 Å². The Labute approximate surface area is 82.7 Å². The maximum atomic E-state index is 11.4. The van der Waals surface area contributed by atoms with Gasteiger partial charge in [0.2, 0.25) is 0 Å². The van der Waals surface area contributed by atoms with Crippen molar-refractivity contribution < 1.29 is 19.0 Å². The molecule has 0 radical (unpaired) electrons. The number of rotatable bonds is 2. The summed E-state index contributed by atoms with van der Waals surface area (Å²) < 4.78 is 15.9. The summed E-state index contributed by atoms with van der Waals surface area (Å²) in [5, 5.41) is 3.05. The van der Waals surface area contributed by atoms with Crippen molar-refractivity contribution in [3.8, 4) is 0 Å². The summed E-state index contributed by atoms with van der Waals surface area (Å²) in [6.45, 7) is 3.99. The van der Waals surface area contributed by atoms with Gasteiger partial charge >= 0.3 is 5.97 Å². The van der Waals surface area contributed by atoms with Gasteiger partial charge in [-0.1, -0.05) is 0 Å². The van der Waals surface area contributed by atoms with Crippen LogP contribution in [0, 0.1) is 0 Å². The summed E-state index contributed by atoms with van der Waals surface area (Å²) >= 11 is 0. The normalized spacial score (nSPS) is 29.6. The van der Waals surface area contributed by atoms with Crippen LogP contribution in [0.4, 0.5) is 0 Å². The third kappa shape index (κ3) is 1.75. The van der Waals surface area contributed by atoms with Gasteiger partial charge in [-0.2, -0.15) is 0 Å². The van der Waals surface area contributed by atoms with Crippen LogP contribution in [-0.4, -0.2) is 44.2 Å². The highest BCUT2D eigenvalue weighted by Crippen LogP contribution is 2.29. The number of nitrogens with one attached hydrogen (secondary N) is 1. The van der Waals surface area contributed by atoms with Crippen LogP contribution in [-0.2, 0) is 19.0 Å². The van der Waals surface area contributed by atoms with E-state index in [0.717, 1.165) is 0 Å². The van der Waals surface area contributed by atoms with Crippen LogP contribution >= 0.6 is 0 Å². The SMILES string of the molecule is CCOC(=O)[C@@H]1CC2(CN1)OCCO2. The topological polar surface area (TPSA) is 56.8 Å². The Bertz CT molecular complexity index is 225. The zero-order valence-electron chi connectivity index (χ0n) is 8.25. The smallest absolute Gasteiger partial charge is 0.323 e. The number of hydrogen-bond acceptors (Lipinski definition) is 5. The molecule has 1 spiro atoms. The molecule has 0 aromatic rings. The summed E-state index contributed by atoms with van der Waals surface area (Å²) in [6.07, 6.45) is 0.547. The van der Waals surface area contributed by atoms with Crippen molar-refractivity contribution in [1.82, 2.24) is 5.32 Å². The van der Waals surface area contributed by atoms with E-state index in [0.29, 0.717) is 32.8 Å². The largest absolute Gasteiger partial charge is 0.465 e. The third-order valence-electron chi connectivity index (χ3n) is 2.52. The second-order valence-corrected chi connectivity index (χ2v) is 3.50. The van der Waals surface area contributed by atoms with Gasteiger partial charge in [-0.15, -0.1) is 0 Å². The molecule has 2 rings (SSSR count). The lowest BCUT2D eigenvalue weighted by atomic mass is 10.1. The van der Waals surface area contributed by atoms with Gasteiger partial charge < -0.3 is 14.2 Å². The first-order valence-electron chi connectivity index (χ1n) is 4.94. The summed E-state index contributed by atoms with van der Waals surface area (Å²) in [6, 6.07) is -0.284. The average molecular weight is 201 g/mol. The van der Waals surface area contributed by atoms with E-state index in [1.165, 1.54) is 0 Å². The predicted octanol–water partition coefficient (Wildman–Crippen LogP) is -0.345. The van der Waals surface area contributed by atoms with Crippen molar-refractivity contribution in [2.24, 2.45) is 0 Å². The summed E-state index contributed by atoms with van der Waals surface area (Å²) in [4.78, 5) is 11.4. The summed E-state index contributed by atoms with van der Waals surface area (Å²) in [5.74, 6) is -0.791. The fourth-order valence-electron chi connectivity index (χ4n) is 1.86. The van der Waals surface area contributed by atoms with Crippen molar-refractivity contribution in [3.63, 3.8) is 0 Å². The molecular formula is C9H15NO4. The van der Waals surface area contributed by atoms with Gasteiger partial charge in [0.25, 0.3) is 0 Å². The maximum absolute atomic E-state index is 11.4. The van der Waals surface area contributed by atoms with Gasteiger partial charge in [0.05, 0.1) is 26.4 Å². The average Bonchev–Trinajstić information content (AvgIpc) is 2.78. The molecule has 0 aliphatic carbocycles. The Kier molecular flexibility index (Phi) is 2.71. The molecule has 14 heavy (non-hydrogen) atoms. The van der Waals surface area contributed by atoms with Gasteiger partial charge in [-0.25, -0.2) is 0 Å². The Morgan fingerprint density at radius 1 is 1.57 bits per heavy atom. The molecule has 5 heteroatoms. The van der Waals surface area contributed by atoms with Crippen LogP contribution in [0.3, 0.4) is 0 Å². The Hall–Kier alpha value is -0.650. The third-order valence-corrected chi connectivity index (χ3v) is 2.52. The van der Waals surface area contributed by atoms with Crippen molar-refractivity contribution >= 4 is 5.97 Å². The molecular weight excluding hydrogens is 186 g/mol. The number of hydrogen-bond donors (Lipinski definition) is 1. The Balaban J connectivity index is 1.90. The molecule has 0 aromatic heterocycles. The molecule has 2 fully saturated rings. The number of carbonyl (C=O) groups is 1. The molecule has 2 heterocycles. The highest BCUT2D eigenvalue weighted by molar-refractivity contribution is 5.76. The van der Waals surface area contributed by atoms with Gasteiger partial charge in [-0.3, -0.25) is 10.1 Å². The minimum absolute atomic E-state index is 0.219. The predicted molar refractivity (Wildman–Crippen MR) is 47.7 cm³/mol. The zero-order chi connectivity index (χ0) is 10.0. The van der Waals surface area contributed by atoms with E-state index in [9.17, 15) is 4.79 Å². The lowest BCUT2D eigenvalue weighted by Gasteiger charge is -2.19. The quantitative estimate of drug-likeness (QED) is 0.619. The van der Waals surface area contributed by atoms with Gasteiger partial charge in [-0.05, 0) is 6.92 Å². The molecule has 0 aromatic carbocycles. The second-order valence-electron chi connectivity index (χ2n) is 3.50. The molecule has 5 nitrogen and oxygen atoms in total. The standard InChI is InChI=1S/C9H15NO4/c1-2-12-8(11)7-5-9(6-10-7)13-3-4-14-9/h7,10H,2-6H2,1H3/t7-/m0/s1. The molecule has 0 bridgehead atoms. The van der Waals surface area contributed by atoms with E-state index in [2.05, 4.69) is 5.32 Å². The number of carbonyl (C=O) groups excluding carboxylic acids is 1. The first kappa shape index (κ1) is 9.89. The molecule has 80 valence electrons. The van der Waals surface area contributed by atoms with E-state index < -0.39 is 5.79 Å². The van der Waals surface area contributed by atoms with Crippen LogP contribution in [0.1, 0.15) is 13.3 Å². The zero-order valence-corrected chi connectivity index (χ0v) is 8.25. The van der Waals surface area contributed by atoms with E-state index in [1.807, 2.05) is 0 Å². The summed E-state index contributed by atoms with van der Waals surface area (Å²) in [5.41, 5.74) is 0. The first-order chi connectivity index (χ1) is 6.76. The first-order valence-corrected chi connectivity index (χ1v) is 4.94. The van der Waals surface area contributed by atoms with Crippen molar-refractivity contribution in [2.75, 3.05) is 26.4 Å². The highest BCUT2D eigenvalue weighted by Gasteiger charge is 2.46. The summed E-state index contributed by atoms with van der Waals surface area (Å²) in [7, 11) is 0. The molecule has 1 N–H and O–H groups in total. The highest BCUT2D eigenvalue weighted by atomic mass is 16.7. The molecule has 0 amide bonds. The second kappa shape index (κ2) is 3.84. The van der Waals surface area contributed by atoms with Crippen LogP contribution in [0.15, 0.2) is 0 Å². The van der Waals surface area contributed by atoms with E-state index >= 15 is 0 Å². The van der Waals surface area contributed by atoms with Crippen LogP contribution < -0.4 is 5.32 Å². The van der Waals surface area contributed by atoms with Crippen LogP contribution in [0.25, 0.3) is 0 Å². The maximum Gasteiger partial charge on any atom is 0.323 e. The van der Waals surface area contributed by atoms with Gasteiger partial charge in [0.15, 0.2) is 5.79 Å². The lowest BCUT2D eigenvalue weighted by Crippen LogP contribution is -2.32. The van der Waals surface area contributed by atoms with E-state index in [-0.39, 0.29) is 12.0 Å². The minimum atomic E-state index is -0.572. The Morgan fingerprint density at radius 2 is 2.29 bits per heavy atom. The van der Waals surface area contributed by atoms with Gasteiger partial charge in [0, 0.05) is 6.42 Å². The molecule has 2 saturated heterocycles. The number of esters is 1. The molecule has 0 saturated carbocycles. The Morgan fingerprint density at radius 3 is 2.93 bits per heavy atom. The monoisotopic (exact) mass is 201 g/mol. The number of ether oxygens (including phenoxy) is 3. The van der Waals surface area contributed by atoms with Crippen LogP contribution in [0.5, 0.6) is 0 Å². The fourth-order valence-corrected chi connectivity index (χ4v) is 1.86. The molecule has 1 atom stereocenters. The van der Waals surface area contributed by atoms with E-state index in [1.54, 1.807) is 6.92 Å². The lowest BCUT2D eigenvalue weighted by molar-refractivity contribution is -0.153. The molecule has 2 aliphatic rings.